The van der Waals surface area contributed by atoms with E-state index in [0.717, 1.165) is 29.7 Å². The van der Waals surface area contributed by atoms with Crippen molar-refractivity contribution < 1.29 is 9.59 Å². The average molecular weight is 376 g/mol. The number of benzene rings is 1. The molecule has 1 N–H and O–H groups in total. The van der Waals surface area contributed by atoms with Gasteiger partial charge in [0.25, 0.3) is 0 Å². The molecule has 1 unspecified atom stereocenters. The van der Waals surface area contributed by atoms with Crippen LogP contribution in [0.2, 0.25) is 0 Å². The molecular formula is C22H24N4O2. The van der Waals surface area contributed by atoms with E-state index in [9.17, 15) is 9.59 Å². The van der Waals surface area contributed by atoms with Crippen LogP contribution in [0.15, 0.2) is 24.3 Å². The molecule has 2 aliphatic rings. The Morgan fingerprint density at radius 3 is 2.57 bits per heavy atom. The van der Waals surface area contributed by atoms with Gasteiger partial charge in [-0.15, -0.1) is 0 Å². The first-order chi connectivity index (χ1) is 13.5. The van der Waals surface area contributed by atoms with Gasteiger partial charge in [-0.1, -0.05) is 12.1 Å². The molecule has 0 bridgehead atoms. The van der Waals surface area contributed by atoms with Gasteiger partial charge in [-0.3, -0.25) is 14.3 Å². The van der Waals surface area contributed by atoms with Crippen LogP contribution in [0.5, 0.6) is 0 Å². The molecule has 6 heteroatoms. The highest BCUT2D eigenvalue weighted by Crippen LogP contribution is 2.47. The SMILES string of the molecule is CC(C)n1nc(-c2ccc(C#N)cc2)c(C2CC2)c1C(=O)CC1CNC(=O)C1. The van der Waals surface area contributed by atoms with Crippen molar-refractivity contribution in [1.29, 1.82) is 5.26 Å². The summed E-state index contributed by atoms with van der Waals surface area (Å²) in [6.45, 7) is 4.63. The Morgan fingerprint density at radius 2 is 2.04 bits per heavy atom. The zero-order chi connectivity index (χ0) is 19.8. The van der Waals surface area contributed by atoms with Crippen LogP contribution >= 0.6 is 0 Å². The molecule has 1 aliphatic heterocycles. The highest BCUT2D eigenvalue weighted by molar-refractivity contribution is 5.98. The number of hydrogen-bond acceptors (Lipinski definition) is 4. The van der Waals surface area contributed by atoms with Crippen molar-refractivity contribution in [3.8, 4) is 17.3 Å². The summed E-state index contributed by atoms with van der Waals surface area (Å²) in [4.78, 5) is 24.8. The first kappa shape index (κ1) is 18.4. The largest absolute Gasteiger partial charge is 0.356 e. The molecule has 28 heavy (non-hydrogen) atoms. The summed E-state index contributed by atoms with van der Waals surface area (Å²) >= 11 is 0. The highest BCUT2D eigenvalue weighted by atomic mass is 16.2. The fourth-order valence-electron chi connectivity index (χ4n) is 3.94. The molecule has 1 saturated heterocycles. The topological polar surface area (TPSA) is 87.8 Å². The van der Waals surface area contributed by atoms with Gasteiger partial charge in [0.1, 0.15) is 5.69 Å². The smallest absolute Gasteiger partial charge is 0.220 e. The first-order valence-electron chi connectivity index (χ1n) is 9.90. The summed E-state index contributed by atoms with van der Waals surface area (Å²) in [5.41, 5.74) is 4.14. The third kappa shape index (κ3) is 3.45. The monoisotopic (exact) mass is 376 g/mol. The van der Waals surface area contributed by atoms with Crippen LogP contribution in [0, 0.1) is 17.2 Å². The van der Waals surface area contributed by atoms with E-state index >= 15 is 0 Å². The number of ketones is 1. The van der Waals surface area contributed by atoms with Crippen LogP contribution in [0.3, 0.4) is 0 Å². The molecule has 1 aliphatic carbocycles. The minimum atomic E-state index is 0.0239. The van der Waals surface area contributed by atoms with E-state index in [4.69, 9.17) is 10.4 Å². The summed E-state index contributed by atoms with van der Waals surface area (Å²) in [6.07, 6.45) is 2.92. The van der Waals surface area contributed by atoms with E-state index in [1.807, 2.05) is 30.7 Å². The van der Waals surface area contributed by atoms with Crippen LogP contribution in [0.1, 0.15) is 73.1 Å². The van der Waals surface area contributed by atoms with Gasteiger partial charge in [-0.2, -0.15) is 10.4 Å². The number of carbonyl (C=O) groups is 2. The Morgan fingerprint density at radius 1 is 1.32 bits per heavy atom. The molecule has 1 amide bonds. The van der Waals surface area contributed by atoms with Gasteiger partial charge in [0, 0.05) is 36.6 Å². The van der Waals surface area contributed by atoms with Crippen LogP contribution < -0.4 is 5.32 Å². The summed E-state index contributed by atoms with van der Waals surface area (Å²) < 4.78 is 1.85. The first-order valence-corrected chi connectivity index (χ1v) is 9.90. The number of nitrogens with zero attached hydrogens (tertiary/aromatic N) is 3. The number of carbonyl (C=O) groups excluding carboxylic acids is 2. The number of nitriles is 1. The standard InChI is InChI=1S/C22H24N4O2/c1-13(2)26-22(18(27)9-15-10-19(28)24-12-15)20(16-7-8-16)21(25-26)17-5-3-14(11-23)4-6-17/h3-6,13,15-16H,7-10,12H2,1-2H3,(H,24,28). The predicted molar refractivity (Wildman–Crippen MR) is 105 cm³/mol. The Bertz CT molecular complexity index is 962. The number of hydrogen-bond donors (Lipinski definition) is 1. The normalized spacial score (nSPS) is 18.9. The summed E-state index contributed by atoms with van der Waals surface area (Å²) in [7, 11) is 0. The van der Waals surface area contributed by atoms with Gasteiger partial charge < -0.3 is 5.32 Å². The van der Waals surface area contributed by atoms with Gasteiger partial charge in [0.05, 0.1) is 17.3 Å². The van der Waals surface area contributed by atoms with E-state index in [0.29, 0.717) is 36.6 Å². The van der Waals surface area contributed by atoms with Crippen LogP contribution in [0.4, 0.5) is 0 Å². The molecular weight excluding hydrogens is 352 g/mol. The third-order valence-electron chi connectivity index (χ3n) is 5.51. The maximum absolute atomic E-state index is 13.3. The lowest BCUT2D eigenvalue weighted by atomic mass is 9.94. The number of amides is 1. The van der Waals surface area contributed by atoms with Crippen molar-refractivity contribution in [3.63, 3.8) is 0 Å². The van der Waals surface area contributed by atoms with Crippen LogP contribution in [-0.4, -0.2) is 28.0 Å². The third-order valence-corrected chi connectivity index (χ3v) is 5.51. The molecule has 6 nitrogen and oxygen atoms in total. The molecule has 2 aromatic rings. The molecule has 1 saturated carbocycles. The number of Topliss-reactive ketones (excluding diaryl/α,β-unsaturated/α-hetero) is 1. The second-order valence-electron chi connectivity index (χ2n) is 8.11. The predicted octanol–water partition coefficient (Wildman–Crippen LogP) is 3.59. The van der Waals surface area contributed by atoms with Gasteiger partial charge in [0.15, 0.2) is 5.78 Å². The Labute approximate surface area is 164 Å². The number of nitrogens with one attached hydrogen (secondary N) is 1. The average Bonchev–Trinajstić information content (AvgIpc) is 3.31. The lowest BCUT2D eigenvalue weighted by molar-refractivity contribution is -0.119. The van der Waals surface area contributed by atoms with Gasteiger partial charge in [0.2, 0.25) is 5.91 Å². The van der Waals surface area contributed by atoms with Gasteiger partial charge in [-0.25, -0.2) is 0 Å². The highest BCUT2D eigenvalue weighted by Gasteiger charge is 2.37. The van der Waals surface area contributed by atoms with E-state index in [2.05, 4.69) is 11.4 Å². The molecule has 144 valence electrons. The fraction of sp³-hybridized carbons (Fsp3) is 0.455. The van der Waals surface area contributed by atoms with Crippen molar-refractivity contribution in [1.82, 2.24) is 15.1 Å². The summed E-state index contributed by atoms with van der Waals surface area (Å²) in [5.74, 6) is 0.515. The Hall–Kier alpha value is -2.94. The summed E-state index contributed by atoms with van der Waals surface area (Å²) in [6, 6.07) is 9.60. The minimum Gasteiger partial charge on any atom is -0.356 e. The second kappa shape index (κ2) is 7.23. The van der Waals surface area contributed by atoms with Gasteiger partial charge in [-0.05, 0) is 50.7 Å². The molecule has 2 heterocycles. The van der Waals surface area contributed by atoms with E-state index in [-0.39, 0.29) is 23.7 Å². The summed E-state index contributed by atoms with van der Waals surface area (Å²) in [5, 5.41) is 16.7. The molecule has 1 aromatic carbocycles. The van der Waals surface area contributed by atoms with E-state index < -0.39 is 0 Å². The lowest BCUT2D eigenvalue weighted by Gasteiger charge is -2.13. The molecule has 1 aromatic heterocycles. The van der Waals surface area contributed by atoms with Crippen LogP contribution in [-0.2, 0) is 4.79 Å². The Balaban J connectivity index is 1.76. The lowest BCUT2D eigenvalue weighted by Crippen LogP contribution is -2.18. The minimum absolute atomic E-state index is 0.0239. The zero-order valence-electron chi connectivity index (χ0n) is 16.2. The zero-order valence-corrected chi connectivity index (χ0v) is 16.2. The molecule has 1 atom stereocenters. The van der Waals surface area contributed by atoms with Crippen molar-refractivity contribution >= 4 is 11.7 Å². The van der Waals surface area contributed by atoms with Crippen molar-refractivity contribution in [2.45, 2.75) is 51.5 Å². The number of aromatic nitrogens is 2. The molecule has 4 rings (SSSR count). The van der Waals surface area contributed by atoms with Crippen molar-refractivity contribution in [2.75, 3.05) is 6.54 Å². The van der Waals surface area contributed by atoms with E-state index in [1.165, 1.54) is 0 Å². The van der Waals surface area contributed by atoms with Crippen LogP contribution in [0.25, 0.3) is 11.3 Å². The maximum atomic E-state index is 13.3. The second-order valence-corrected chi connectivity index (χ2v) is 8.11. The molecule has 2 fully saturated rings. The quantitative estimate of drug-likeness (QED) is 0.781. The van der Waals surface area contributed by atoms with Crippen molar-refractivity contribution in [3.05, 3.63) is 41.1 Å². The van der Waals surface area contributed by atoms with E-state index in [1.54, 1.807) is 12.1 Å². The maximum Gasteiger partial charge on any atom is 0.220 e. The molecule has 0 radical (unpaired) electrons. The number of rotatable bonds is 6. The Kier molecular flexibility index (Phi) is 4.76. The van der Waals surface area contributed by atoms with Gasteiger partial charge >= 0.3 is 0 Å². The van der Waals surface area contributed by atoms with Crippen molar-refractivity contribution in [2.24, 2.45) is 5.92 Å². The molecule has 0 spiro atoms. The fourth-order valence-corrected chi connectivity index (χ4v) is 3.94.